The first-order chi connectivity index (χ1) is 8.28. The monoisotopic (exact) mass is 252 g/mol. The van der Waals surface area contributed by atoms with E-state index < -0.39 is 5.54 Å². The molecule has 2 rings (SSSR count). The molecule has 102 valence electrons. The van der Waals surface area contributed by atoms with E-state index in [0.717, 1.165) is 32.1 Å². The van der Waals surface area contributed by atoms with Gasteiger partial charge in [-0.05, 0) is 18.3 Å². The predicted octanol–water partition coefficient (Wildman–Crippen LogP) is 1.69. The van der Waals surface area contributed by atoms with E-state index in [4.69, 9.17) is 0 Å². The molecular formula is C14H24N2O2. The van der Waals surface area contributed by atoms with Gasteiger partial charge in [0.2, 0.25) is 11.8 Å². The Morgan fingerprint density at radius 2 is 1.72 bits per heavy atom. The molecular weight excluding hydrogens is 228 g/mol. The Hall–Kier alpha value is -1.06. The van der Waals surface area contributed by atoms with Crippen LogP contribution in [0.1, 0.15) is 52.9 Å². The molecule has 2 aliphatic rings. The Kier molecular flexibility index (Phi) is 3.16. The summed E-state index contributed by atoms with van der Waals surface area (Å²) >= 11 is 0. The molecule has 1 saturated carbocycles. The van der Waals surface area contributed by atoms with Gasteiger partial charge in [-0.15, -0.1) is 0 Å². The van der Waals surface area contributed by atoms with Gasteiger partial charge < -0.3 is 10.2 Å². The molecule has 1 atom stereocenters. The minimum absolute atomic E-state index is 0.00602. The standard InChI is InChI=1S/C14H24N2O2/c1-13(2,3)10-11(17)15-14(12(18)16(10)4)8-6-5-7-9-14/h10H,5-9H2,1-4H3,(H,15,17). The summed E-state index contributed by atoms with van der Waals surface area (Å²) in [5, 5.41) is 3.04. The van der Waals surface area contributed by atoms with E-state index in [1.807, 2.05) is 20.8 Å². The average molecular weight is 252 g/mol. The first-order valence-electron chi connectivity index (χ1n) is 6.87. The summed E-state index contributed by atoms with van der Waals surface area (Å²) in [6, 6.07) is -0.363. The van der Waals surface area contributed by atoms with Crippen LogP contribution < -0.4 is 5.32 Å². The third-order valence-corrected chi connectivity index (χ3v) is 4.26. The summed E-state index contributed by atoms with van der Waals surface area (Å²) in [7, 11) is 1.77. The molecule has 1 N–H and O–H groups in total. The number of piperazine rings is 1. The Balaban J connectivity index is 2.28. The van der Waals surface area contributed by atoms with Crippen molar-refractivity contribution in [1.29, 1.82) is 0 Å². The maximum atomic E-state index is 12.6. The van der Waals surface area contributed by atoms with Gasteiger partial charge in [0.05, 0.1) is 0 Å². The number of likely N-dealkylation sites (N-methyl/N-ethyl adjacent to an activating group) is 1. The topological polar surface area (TPSA) is 49.4 Å². The van der Waals surface area contributed by atoms with Crippen LogP contribution in [0.4, 0.5) is 0 Å². The highest BCUT2D eigenvalue weighted by Gasteiger charge is 2.52. The van der Waals surface area contributed by atoms with Crippen LogP contribution in [0.25, 0.3) is 0 Å². The van der Waals surface area contributed by atoms with Gasteiger partial charge in [-0.25, -0.2) is 0 Å². The molecule has 2 fully saturated rings. The summed E-state index contributed by atoms with van der Waals surface area (Å²) in [4.78, 5) is 26.7. The zero-order chi connectivity index (χ0) is 13.6. The number of rotatable bonds is 0. The highest BCUT2D eigenvalue weighted by Crippen LogP contribution is 2.36. The van der Waals surface area contributed by atoms with E-state index in [9.17, 15) is 9.59 Å². The summed E-state index contributed by atoms with van der Waals surface area (Å²) in [6.45, 7) is 6.00. The lowest BCUT2D eigenvalue weighted by atomic mass is 9.75. The van der Waals surface area contributed by atoms with Crippen LogP contribution in [0.3, 0.4) is 0 Å². The van der Waals surface area contributed by atoms with E-state index in [1.54, 1.807) is 11.9 Å². The van der Waals surface area contributed by atoms with E-state index in [2.05, 4.69) is 5.32 Å². The molecule has 1 saturated heterocycles. The highest BCUT2D eigenvalue weighted by molar-refractivity contribution is 6.00. The van der Waals surface area contributed by atoms with Crippen LogP contribution in [-0.4, -0.2) is 35.3 Å². The number of hydrogen-bond acceptors (Lipinski definition) is 2. The quantitative estimate of drug-likeness (QED) is 0.713. The second-order valence-electron chi connectivity index (χ2n) is 6.82. The number of amides is 2. The molecule has 1 aliphatic heterocycles. The predicted molar refractivity (Wildman–Crippen MR) is 70.0 cm³/mol. The lowest BCUT2D eigenvalue weighted by Crippen LogP contribution is -2.72. The third kappa shape index (κ3) is 2.02. The molecule has 0 aromatic heterocycles. The minimum Gasteiger partial charge on any atom is -0.340 e. The van der Waals surface area contributed by atoms with Gasteiger partial charge in [0.1, 0.15) is 11.6 Å². The summed E-state index contributed by atoms with van der Waals surface area (Å²) in [5.74, 6) is 0.105. The Morgan fingerprint density at radius 3 is 2.22 bits per heavy atom. The highest BCUT2D eigenvalue weighted by atomic mass is 16.2. The van der Waals surface area contributed by atoms with E-state index in [1.165, 1.54) is 0 Å². The van der Waals surface area contributed by atoms with Crippen molar-refractivity contribution >= 4 is 11.8 Å². The van der Waals surface area contributed by atoms with Crippen molar-refractivity contribution in [2.75, 3.05) is 7.05 Å². The second-order valence-corrected chi connectivity index (χ2v) is 6.82. The average Bonchev–Trinajstić information content (AvgIpc) is 2.25. The Labute approximate surface area is 109 Å². The van der Waals surface area contributed by atoms with Crippen molar-refractivity contribution in [3.63, 3.8) is 0 Å². The Bertz CT molecular complexity index is 364. The van der Waals surface area contributed by atoms with Crippen molar-refractivity contribution in [3.8, 4) is 0 Å². The first kappa shape index (κ1) is 13.4. The van der Waals surface area contributed by atoms with Crippen LogP contribution in [0, 0.1) is 5.41 Å². The van der Waals surface area contributed by atoms with Crippen LogP contribution >= 0.6 is 0 Å². The van der Waals surface area contributed by atoms with Gasteiger partial charge in [0.15, 0.2) is 0 Å². The van der Waals surface area contributed by atoms with Crippen LogP contribution in [-0.2, 0) is 9.59 Å². The molecule has 4 heteroatoms. The number of carbonyl (C=O) groups excluding carboxylic acids is 2. The molecule has 18 heavy (non-hydrogen) atoms. The molecule has 1 spiro atoms. The fourth-order valence-corrected chi connectivity index (χ4v) is 3.46. The van der Waals surface area contributed by atoms with Gasteiger partial charge >= 0.3 is 0 Å². The summed E-state index contributed by atoms with van der Waals surface area (Å²) in [6.07, 6.45) is 4.80. The molecule has 1 aliphatic carbocycles. The van der Waals surface area contributed by atoms with Crippen molar-refractivity contribution in [2.45, 2.75) is 64.5 Å². The Morgan fingerprint density at radius 1 is 1.17 bits per heavy atom. The van der Waals surface area contributed by atoms with Gasteiger partial charge in [0.25, 0.3) is 0 Å². The molecule has 1 heterocycles. The zero-order valence-electron chi connectivity index (χ0n) is 11.9. The lowest BCUT2D eigenvalue weighted by Gasteiger charge is -2.49. The fraction of sp³-hybridized carbons (Fsp3) is 0.857. The smallest absolute Gasteiger partial charge is 0.248 e. The maximum Gasteiger partial charge on any atom is 0.248 e. The SMILES string of the molecule is CN1C(=O)C2(CCCCC2)NC(=O)C1C(C)(C)C. The van der Waals surface area contributed by atoms with E-state index in [0.29, 0.717) is 0 Å². The van der Waals surface area contributed by atoms with E-state index >= 15 is 0 Å². The number of hydrogen-bond donors (Lipinski definition) is 1. The fourth-order valence-electron chi connectivity index (χ4n) is 3.46. The normalized spacial score (nSPS) is 28.4. The summed E-state index contributed by atoms with van der Waals surface area (Å²) < 4.78 is 0. The van der Waals surface area contributed by atoms with Crippen LogP contribution in [0.2, 0.25) is 0 Å². The van der Waals surface area contributed by atoms with Gasteiger partial charge in [0, 0.05) is 7.05 Å². The molecule has 1 unspecified atom stereocenters. The molecule has 0 aromatic rings. The van der Waals surface area contributed by atoms with E-state index in [-0.39, 0.29) is 23.3 Å². The zero-order valence-corrected chi connectivity index (χ0v) is 11.9. The molecule has 2 amide bonds. The largest absolute Gasteiger partial charge is 0.340 e. The molecule has 0 bridgehead atoms. The van der Waals surface area contributed by atoms with Crippen molar-refractivity contribution in [3.05, 3.63) is 0 Å². The van der Waals surface area contributed by atoms with Crippen molar-refractivity contribution < 1.29 is 9.59 Å². The number of nitrogens with zero attached hydrogens (tertiary/aromatic N) is 1. The lowest BCUT2D eigenvalue weighted by molar-refractivity contribution is -0.159. The van der Waals surface area contributed by atoms with Crippen LogP contribution in [0.15, 0.2) is 0 Å². The number of nitrogens with one attached hydrogen (secondary N) is 1. The molecule has 0 radical (unpaired) electrons. The number of carbonyl (C=O) groups is 2. The van der Waals surface area contributed by atoms with Crippen molar-refractivity contribution in [2.24, 2.45) is 5.41 Å². The third-order valence-electron chi connectivity index (χ3n) is 4.26. The van der Waals surface area contributed by atoms with Gasteiger partial charge in [-0.2, -0.15) is 0 Å². The van der Waals surface area contributed by atoms with Crippen LogP contribution in [0.5, 0.6) is 0 Å². The summed E-state index contributed by atoms with van der Waals surface area (Å²) in [5.41, 5.74) is -0.837. The first-order valence-corrected chi connectivity index (χ1v) is 6.87. The van der Waals surface area contributed by atoms with Crippen molar-refractivity contribution in [1.82, 2.24) is 10.2 Å². The van der Waals surface area contributed by atoms with Gasteiger partial charge in [-0.3, -0.25) is 9.59 Å². The minimum atomic E-state index is -0.605. The van der Waals surface area contributed by atoms with Gasteiger partial charge in [-0.1, -0.05) is 40.0 Å². The molecule has 4 nitrogen and oxygen atoms in total. The second kappa shape index (κ2) is 4.25. The maximum absolute atomic E-state index is 12.6. The molecule has 0 aromatic carbocycles.